The smallest absolute Gasteiger partial charge is 0.339 e. The number of benzene rings is 4. The van der Waals surface area contributed by atoms with Crippen LogP contribution in [0.1, 0.15) is 47.2 Å². The summed E-state index contributed by atoms with van der Waals surface area (Å²) in [5.74, 6) is -0.694. The van der Waals surface area contributed by atoms with Crippen molar-refractivity contribution in [3.8, 4) is 33.8 Å². The van der Waals surface area contributed by atoms with Gasteiger partial charge in [0, 0.05) is 123 Å². The second-order valence-electron chi connectivity index (χ2n) is 16.2. The van der Waals surface area contributed by atoms with E-state index in [1.165, 1.54) is 84.3 Å². The molecule has 0 N–H and O–H groups in total. The summed E-state index contributed by atoms with van der Waals surface area (Å²) in [5.41, 5.74) is -2.01. The molecular formula is C48H44F6N4O8S. The molecule has 0 radical (unpaired) electrons. The van der Waals surface area contributed by atoms with Crippen LogP contribution in [0.3, 0.4) is 0 Å². The molecule has 4 aromatic rings. The van der Waals surface area contributed by atoms with Gasteiger partial charge >= 0.3 is 12.4 Å². The lowest BCUT2D eigenvalue weighted by Crippen LogP contribution is -2.49. The number of carbonyl (C=O) groups excluding carboxylic acids is 4. The van der Waals surface area contributed by atoms with Crippen LogP contribution in [-0.4, -0.2) is 109 Å². The SMILES string of the molecule is CC(=O)N1CCN(C(=O)/C=C/c2ccc(Sc3ccc(/C=C/C(=O)N4CCN(C(C)=O)CC4)c(-c4ccc5c(c4)CCOO5)c3C(F)(F)F)c(C(F)(F)F)c2-c2ccc3c(c2)CCOO3)CC1. The molecule has 12 nitrogen and oxygen atoms in total. The first-order valence-electron chi connectivity index (χ1n) is 21.4. The molecule has 0 atom stereocenters. The first-order chi connectivity index (χ1) is 32.0. The molecule has 0 saturated carbocycles. The minimum absolute atomic E-state index is 0.0230. The molecule has 352 valence electrons. The molecule has 0 unspecified atom stereocenters. The van der Waals surface area contributed by atoms with Gasteiger partial charge in [-0.05, 0) is 70.8 Å². The molecule has 4 aliphatic heterocycles. The third-order valence-corrected chi connectivity index (χ3v) is 13.1. The highest BCUT2D eigenvalue weighted by molar-refractivity contribution is 7.99. The number of fused-ring (bicyclic) bond motifs is 2. The predicted octanol–water partition coefficient (Wildman–Crippen LogP) is 8.35. The summed E-state index contributed by atoms with van der Waals surface area (Å²) in [4.78, 5) is 76.1. The van der Waals surface area contributed by atoms with Gasteiger partial charge in [0.15, 0.2) is 11.5 Å². The molecule has 4 aromatic carbocycles. The molecule has 0 aliphatic carbocycles. The fourth-order valence-corrected chi connectivity index (χ4v) is 9.65. The van der Waals surface area contributed by atoms with Crippen LogP contribution in [0.15, 0.2) is 82.6 Å². The Labute approximate surface area is 385 Å². The third-order valence-electron chi connectivity index (χ3n) is 12.0. The Morgan fingerprint density at radius 1 is 0.537 bits per heavy atom. The second-order valence-corrected chi connectivity index (χ2v) is 17.3. The number of carbonyl (C=O) groups is 4. The lowest BCUT2D eigenvalue weighted by atomic mass is 9.91. The number of piperazine rings is 2. The van der Waals surface area contributed by atoms with Crippen molar-refractivity contribution >= 4 is 47.5 Å². The summed E-state index contributed by atoms with van der Waals surface area (Å²) < 4.78 is 94.8. The quantitative estimate of drug-likeness (QED) is 0.0977. The van der Waals surface area contributed by atoms with Gasteiger partial charge in [0.2, 0.25) is 23.6 Å². The van der Waals surface area contributed by atoms with Crippen LogP contribution in [0.5, 0.6) is 11.5 Å². The molecular weight excluding hydrogens is 907 g/mol. The van der Waals surface area contributed by atoms with Gasteiger partial charge in [0.05, 0.1) is 24.3 Å². The molecule has 0 spiro atoms. The zero-order valence-corrected chi connectivity index (χ0v) is 37.1. The molecule has 19 heteroatoms. The zero-order chi connectivity index (χ0) is 47.6. The van der Waals surface area contributed by atoms with Gasteiger partial charge < -0.3 is 29.4 Å². The van der Waals surface area contributed by atoms with Crippen molar-refractivity contribution in [2.45, 2.75) is 48.8 Å². The number of hydrogen-bond acceptors (Lipinski definition) is 9. The van der Waals surface area contributed by atoms with Crippen molar-refractivity contribution in [3.05, 3.63) is 106 Å². The van der Waals surface area contributed by atoms with E-state index < -0.39 is 45.1 Å². The Kier molecular flexibility index (Phi) is 13.7. The zero-order valence-electron chi connectivity index (χ0n) is 36.3. The maximum absolute atomic E-state index is 15.8. The molecule has 4 aliphatic rings. The summed E-state index contributed by atoms with van der Waals surface area (Å²) in [7, 11) is 0. The minimum atomic E-state index is -5.13. The summed E-state index contributed by atoms with van der Waals surface area (Å²) in [6.07, 6.45) is -4.85. The molecule has 67 heavy (non-hydrogen) atoms. The highest BCUT2D eigenvalue weighted by Gasteiger charge is 2.41. The molecule has 8 rings (SSSR count). The molecule has 2 saturated heterocycles. The van der Waals surface area contributed by atoms with Crippen LogP contribution in [0.25, 0.3) is 34.4 Å². The van der Waals surface area contributed by atoms with Crippen molar-refractivity contribution in [2.24, 2.45) is 0 Å². The molecule has 4 amide bonds. The molecule has 0 aromatic heterocycles. The van der Waals surface area contributed by atoms with Crippen LogP contribution in [0, 0.1) is 0 Å². The monoisotopic (exact) mass is 950 g/mol. The van der Waals surface area contributed by atoms with E-state index in [0.717, 1.165) is 24.3 Å². The fourth-order valence-electron chi connectivity index (χ4n) is 8.50. The van der Waals surface area contributed by atoms with E-state index in [2.05, 4.69) is 0 Å². The third kappa shape index (κ3) is 10.5. The average molecular weight is 951 g/mol. The Balaban J connectivity index is 1.24. The number of alkyl halides is 6. The Morgan fingerprint density at radius 3 is 1.27 bits per heavy atom. The van der Waals surface area contributed by atoms with E-state index in [0.29, 0.717) is 73.4 Å². The summed E-state index contributed by atoms with van der Waals surface area (Å²) in [6, 6.07) is 13.6. The number of halogens is 6. The lowest BCUT2D eigenvalue weighted by molar-refractivity contribution is -0.215. The fraction of sp³-hybridized carbons (Fsp3) is 0.333. The second kappa shape index (κ2) is 19.5. The van der Waals surface area contributed by atoms with E-state index in [4.69, 9.17) is 19.6 Å². The average Bonchev–Trinajstić information content (AvgIpc) is 3.31. The van der Waals surface area contributed by atoms with Gasteiger partial charge in [0.1, 0.15) is 0 Å². The van der Waals surface area contributed by atoms with E-state index in [1.54, 1.807) is 9.80 Å². The van der Waals surface area contributed by atoms with Crippen LogP contribution in [-0.2, 0) is 54.1 Å². The van der Waals surface area contributed by atoms with E-state index in [1.807, 2.05) is 0 Å². The highest BCUT2D eigenvalue weighted by atomic mass is 32.2. The summed E-state index contributed by atoms with van der Waals surface area (Å²) >= 11 is 0.294. The summed E-state index contributed by atoms with van der Waals surface area (Å²) in [5, 5.41) is 0. The normalized spacial score (nSPS) is 16.7. The van der Waals surface area contributed by atoms with Crippen LogP contribution >= 0.6 is 11.8 Å². The van der Waals surface area contributed by atoms with Crippen molar-refractivity contribution < 1.29 is 65.1 Å². The van der Waals surface area contributed by atoms with Gasteiger partial charge in [-0.15, -0.1) is 0 Å². The Bertz CT molecular complexity index is 2470. The maximum Gasteiger partial charge on any atom is 0.418 e. The van der Waals surface area contributed by atoms with Crippen molar-refractivity contribution in [1.82, 2.24) is 19.6 Å². The Hall–Kier alpha value is -6.31. The van der Waals surface area contributed by atoms with Crippen molar-refractivity contribution in [3.63, 3.8) is 0 Å². The molecule has 2 fully saturated rings. The van der Waals surface area contributed by atoms with Gasteiger partial charge in [-0.3, -0.25) is 19.2 Å². The van der Waals surface area contributed by atoms with Gasteiger partial charge in [-0.25, -0.2) is 0 Å². The largest absolute Gasteiger partial charge is 0.418 e. The number of rotatable bonds is 8. The summed E-state index contributed by atoms with van der Waals surface area (Å²) in [6.45, 7) is 5.12. The highest BCUT2D eigenvalue weighted by Crippen LogP contribution is 2.52. The first-order valence-corrected chi connectivity index (χ1v) is 22.2. The van der Waals surface area contributed by atoms with Gasteiger partial charge in [-0.1, -0.05) is 36.0 Å². The number of amides is 4. The number of hydrogen-bond donors (Lipinski definition) is 0. The van der Waals surface area contributed by atoms with Gasteiger partial charge in [0.25, 0.3) is 0 Å². The van der Waals surface area contributed by atoms with Crippen LogP contribution in [0.2, 0.25) is 0 Å². The van der Waals surface area contributed by atoms with Crippen molar-refractivity contribution in [1.29, 1.82) is 0 Å². The Morgan fingerprint density at radius 2 is 0.910 bits per heavy atom. The lowest BCUT2D eigenvalue weighted by Gasteiger charge is -2.33. The maximum atomic E-state index is 15.8. The standard InChI is InChI=1S/C48H44F6N4O8S/c1-29(59)55-17-21-57(22-18-55)41(61)13-7-31-5-11-39(45(47(49,50)51)43(31)35-3-9-37-33(27-35)15-25-63-65-37)67-40-12-6-32(8-14-42(62)58-23-19-56(20-24-58)30(2)60)44(46(40)48(52,53)54)36-4-10-38-34(28-36)16-26-64-66-38/h3-14,27-28H,15-26H2,1-2H3/b13-7+,14-8+. The van der Waals surface area contributed by atoms with E-state index >= 15 is 26.3 Å². The van der Waals surface area contributed by atoms with Crippen molar-refractivity contribution in [2.75, 3.05) is 65.6 Å². The van der Waals surface area contributed by atoms with E-state index in [9.17, 15) is 19.2 Å². The number of nitrogens with zero attached hydrogens (tertiary/aromatic N) is 4. The minimum Gasteiger partial charge on any atom is -0.339 e. The predicted molar refractivity (Wildman–Crippen MR) is 234 cm³/mol. The van der Waals surface area contributed by atoms with Gasteiger partial charge in [-0.2, -0.15) is 36.1 Å². The first kappa shape index (κ1) is 47.2. The van der Waals surface area contributed by atoms with Crippen LogP contribution < -0.4 is 9.78 Å². The molecule has 4 heterocycles. The van der Waals surface area contributed by atoms with E-state index in [-0.39, 0.29) is 84.6 Å². The van der Waals surface area contributed by atoms with Crippen LogP contribution in [0.4, 0.5) is 26.3 Å². The topological polar surface area (TPSA) is 118 Å². The molecule has 0 bridgehead atoms.